The van der Waals surface area contributed by atoms with Crippen LogP contribution in [-0.4, -0.2) is 28.8 Å². The van der Waals surface area contributed by atoms with E-state index in [2.05, 4.69) is 5.32 Å². The highest BCUT2D eigenvalue weighted by molar-refractivity contribution is 7.99. The highest BCUT2D eigenvalue weighted by Gasteiger charge is 2.33. The number of carbonyl (C=O) groups is 2. The van der Waals surface area contributed by atoms with E-state index < -0.39 is 5.97 Å². The van der Waals surface area contributed by atoms with Crippen LogP contribution in [-0.2, 0) is 15.3 Å². The summed E-state index contributed by atoms with van der Waals surface area (Å²) in [6.07, 6.45) is 1.96. The maximum absolute atomic E-state index is 12.7. The molecule has 0 aliphatic heterocycles. The van der Waals surface area contributed by atoms with Crippen molar-refractivity contribution < 1.29 is 19.1 Å². The third-order valence-electron chi connectivity index (χ3n) is 3.35. The van der Waals surface area contributed by atoms with Gasteiger partial charge in [0, 0.05) is 11.8 Å². The van der Waals surface area contributed by atoms with E-state index in [1.165, 1.54) is 23.9 Å². The summed E-state index contributed by atoms with van der Waals surface area (Å²) in [4.78, 5) is 22.6. The summed E-state index contributed by atoms with van der Waals surface area (Å²) >= 11 is 1.43. The van der Waals surface area contributed by atoms with Crippen molar-refractivity contribution in [2.24, 2.45) is 5.92 Å². The number of halogens is 1. The molecule has 2 rings (SSSR count). The summed E-state index contributed by atoms with van der Waals surface area (Å²) in [5.41, 5.74) is 0.957. The Morgan fingerprint density at radius 1 is 1.33 bits per heavy atom. The van der Waals surface area contributed by atoms with Crippen LogP contribution in [0.3, 0.4) is 0 Å². The first kappa shape index (κ1) is 15.8. The molecule has 1 saturated carbocycles. The minimum Gasteiger partial charge on any atom is -0.481 e. The fourth-order valence-electron chi connectivity index (χ4n) is 2.11. The predicted octanol–water partition coefficient (Wildman–Crippen LogP) is 2.43. The second kappa shape index (κ2) is 7.45. The first-order valence-corrected chi connectivity index (χ1v) is 8.03. The molecule has 1 atom stereocenters. The van der Waals surface area contributed by atoms with Crippen LogP contribution in [0.25, 0.3) is 0 Å². The van der Waals surface area contributed by atoms with Gasteiger partial charge in [0.1, 0.15) is 5.82 Å². The second-order valence-electron chi connectivity index (χ2n) is 5.23. The average Bonchev–Trinajstić information content (AvgIpc) is 3.24. The Morgan fingerprint density at radius 2 is 2.00 bits per heavy atom. The minimum absolute atomic E-state index is 0.0148. The quantitative estimate of drug-likeness (QED) is 0.774. The van der Waals surface area contributed by atoms with E-state index in [0.29, 0.717) is 11.7 Å². The van der Waals surface area contributed by atoms with Gasteiger partial charge < -0.3 is 10.4 Å². The number of aliphatic carboxylic acids is 1. The molecule has 1 aliphatic rings. The van der Waals surface area contributed by atoms with E-state index in [1.807, 2.05) is 0 Å². The molecule has 1 aromatic carbocycles. The summed E-state index contributed by atoms with van der Waals surface area (Å²) in [6.45, 7) is 0. The van der Waals surface area contributed by atoms with Crippen molar-refractivity contribution in [2.45, 2.75) is 31.1 Å². The molecule has 1 aliphatic carbocycles. The Kier molecular flexibility index (Phi) is 5.61. The molecule has 21 heavy (non-hydrogen) atoms. The van der Waals surface area contributed by atoms with Crippen LogP contribution in [0.4, 0.5) is 4.39 Å². The number of amides is 1. The van der Waals surface area contributed by atoms with Crippen LogP contribution in [0.5, 0.6) is 0 Å². The summed E-state index contributed by atoms with van der Waals surface area (Å²) in [6, 6.07) is 5.93. The zero-order valence-corrected chi connectivity index (χ0v) is 12.4. The number of hydrogen-bond donors (Lipinski definition) is 2. The lowest BCUT2D eigenvalue weighted by molar-refractivity contribution is -0.137. The molecule has 0 bridgehead atoms. The third kappa shape index (κ3) is 5.75. The van der Waals surface area contributed by atoms with Gasteiger partial charge in [-0.15, -0.1) is 11.8 Å². The molecule has 0 heterocycles. The Bertz CT molecular complexity index is 502. The van der Waals surface area contributed by atoms with E-state index in [4.69, 9.17) is 5.11 Å². The van der Waals surface area contributed by atoms with Crippen LogP contribution < -0.4 is 5.32 Å². The molecule has 1 fully saturated rings. The van der Waals surface area contributed by atoms with Gasteiger partial charge in [-0.05, 0) is 36.5 Å². The standard InChI is InChI=1S/C15H18FNO3S/c16-12-5-1-10(2-6-12)8-21-9-14(18)17-13(7-15(19)20)11-3-4-11/h1-2,5-6,11,13H,3-4,7-9H2,(H,17,18)(H,19,20). The summed E-state index contributed by atoms with van der Waals surface area (Å²) < 4.78 is 12.7. The van der Waals surface area contributed by atoms with Crippen molar-refractivity contribution in [2.75, 3.05) is 5.75 Å². The van der Waals surface area contributed by atoms with Gasteiger partial charge in [-0.1, -0.05) is 12.1 Å². The highest BCUT2D eigenvalue weighted by atomic mass is 32.2. The molecule has 1 unspecified atom stereocenters. The molecule has 2 N–H and O–H groups in total. The number of thioether (sulfide) groups is 1. The van der Waals surface area contributed by atoms with E-state index in [1.54, 1.807) is 12.1 Å². The Balaban J connectivity index is 1.71. The maximum atomic E-state index is 12.7. The Hall–Kier alpha value is -1.56. The van der Waals surface area contributed by atoms with Crippen LogP contribution in [0, 0.1) is 11.7 Å². The van der Waals surface area contributed by atoms with Gasteiger partial charge in [0.25, 0.3) is 0 Å². The van der Waals surface area contributed by atoms with Crippen LogP contribution in [0.1, 0.15) is 24.8 Å². The van der Waals surface area contributed by atoms with Gasteiger partial charge in [0.2, 0.25) is 5.91 Å². The number of benzene rings is 1. The van der Waals surface area contributed by atoms with Gasteiger partial charge in [0.05, 0.1) is 12.2 Å². The van der Waals surface area contributed by atoms with E-state index in [-0.39, 0.29) is 29.9 Å². The zero-order chi connectivity index (χ0) is 15.2. The molecule has 0 radical (unpaired) electrons. The third-order valence-corrected chi connectivity index (χ3v) is 4.35. The van der Waals surface area contributed by atoms with E-state index in [9.17, 15) is 14.0 Å². The van der Waals surface area contributed by atoms with Gasteiger partial charge in [-0.25, -0.2) is 4.39 Å². The molecule has 4 nitrogen and oxygen atoms in total. The monoisotopic (exact) mass is 311 g/mol. The number of carboxylic acid groups (broad SMARTS) is 1. The Labute approximate surface area is 127 Å². The fraction of sp³-hybridized carbons (Fsp3) is 0.467. The lowest BCUT2D eigenvalue weighted by atomic mass is 10.1. The summed E-state index contributed by atoms with van der Waals surface area (Å²) in [5, 5.41) is 11.6. The molecule has 114 valence electrons. The molecule has 1 aromatic rings. The van der Waals surface area contributed by atoms with Crippen molar-refractivity contribution in [3.05, 3.63) is 35.6 Å². The molecule has 0 spiro atoms. The molecule has 6 heteroatoms. The van der Waals surface area contributed by atoms with Gasteiger partial charge in [-0.3, -0.25) is 9.59 Å². The minimum atomic E-state index is -0.883. The van der Waals surface area contributed by atoms with Gasteiger partial charge in [0.15, 0.2) is 0 Å². The summed E-state index contributed by atoms with van der Waals surface area (Å²) in [5.74, 6) is -0.0815. The van der Waals surface area contributed by atoms with Crippen molar-refractivity contribution in [1.29, 1.82) is 0 Å². The van der Waals surface area contributed by atoms with Crippen molar-refractivity contribution in [3.8, 4) is 0 Å². The number of rotatable bonds is 8. The molecular weight excluding hydrogens is 293 g/mol. The molecule has 0 aromatic heterocycles. The maximum Gasteiger partial charge on any atom is 0.305 e. The number of carbonyl (C=O) groups excluding carboxylic acids is 1. The normalized spacial score (nSPS) is 15.5. The van der Waals surface area contributed by atoms with Gasteiger partial charge in [-0.2, -0.15) is 0 Å². The predicted molar refractivity (Wildman–Crippen MR) is 79.5 cm³/mol. The fourth-order valence-corrected chi connectivity index (χ4v) is 2.91. The van der Waals surface area contributed by atoms with Crippen LogP contribution >= 0.6 is 11.8 Å². The smallest absolute Gasteiger partial charge is 0.305 e. The first-order valence-electron chi connectivity index (χ1n) is 6.88. The van der Waals surface area contributed by atoms with Crippen LogP contribution in [0.15, 0.2) is 24.3 Å². The van der Waals surface area contributed by atoms with Gasteiger partial charge >= 0.3 is 5.97 Å². The van der Waals surface area contributed by atoms with Crippen molar-refractivity contribution in [1.82, 2.24) is 5.32 Å². The topological polar surface area (TPSA) is 66.4 Å². The largest absolute Gasteiger partial charge is 0.481 e. The van der Waals surface area contributed by atoms with Crippen LogP contribution in [0.2, 0.25) is 0 Å². The highest BCUT2D eigenvalue weighted by Crippen LogP contribution is 2.34. The Morgan fingerprint density at radius 3 is 2.57 bits per heavy atom. The van der Waals surface area contributed by atoms with Crippen molar-refractivity contribution >= 4 is 23.6 Å². The second-order valence-corrected chi connectivity index (χ2v) is 6.21. The lowest BCUT2D eigenvalue weighted by Gasteiger charge is -2.16. The summed E-state index contributed by atoms with van der Waals surface area (Å²) in [7, 11) is 0. The first-order chi connectivity index (χ1) is 10.0. The number of nitrogens with one attached hydrogen (secondary N) is 1. The van der Waals surface area contributed by atoms with E-state index >= 15 is 0 Å². The SMILES string of the molecule is O=C(O)CC(NC(=O)CSCc1ccc(F)cc1)C1CC1. The zero-order valence-electron chi connectivity index (χ0n) is 11.5. The lowest BCUT2D eigenvalue weighted by Crippen LogP contribution is -2.39. The molecular formula is C15H18FNO3S. The number of hydrogen-bond acceptors (Lipinski definition) is 3. The van der Waals surface area contributed by atoms with Crippen molar-refractivity contribution in [3.63, 3.8) is 0 Å². The molecule has 0 saturated heterocycles. The van der Waals surface area contributed by atoms with E-state index in [0.717, 1.165) is 18.4 Å². The molecule has 1 amide bonds. The number of carboxylic acids is 1. The average molecular weight is 311 g/mol.